The molecular formula is C23H34FIN4O. The average molecular weight is 528 g/mol. The fraction of sp³-hybridized carbons (Fsp3) is 0.652. The highest BCUT2D eigenvalue weighted by atomic mass is 127. The Balaban J connectivity index is 0.00000256. The smallest absolute Gasteiger partial charge is 0.223 e. The van der Waals surface area contributed by atoms with Gasteiger partial charge in [0.25, 0.3) is 0 Å². The zero-order valence-corrected chi connectivity index (χ0v) is 20.1. The van der Waals surface area contributed by atoms with Crippen molar-refractivity contribution in [2.24, 2.45) is 10.9 Å². The first-order valence-corrected chi connectivity index (χ1v) is 11.2. The van der Waals surface area contributed by atoms with Crippen molar-refractivity contribution in [3.05, 3.63) is 35.6 Å². The number of hydrogen-bond donors (Lipinski definition) is 3. The van der Waals surface area contributed by atoms with E-state index in [4.69, 9.17) is 4.99 Å². The molecule has 1 aromatic rings. The summed E-state index contributed by atoms with van der Waals surface area (Å²) >= 11 is 0. The number of aliphatic imine (C=N–C) groups is 1. The van der Waals surface area contributed by atoms with Crippen LogP contribution in [0.25, 0.3) is 0 Å². The SMILES string of the molecule is CCNC(=NCC1(c2cccc(F)c2)CC1)NC1CCCC(C(=O)NC2CC2)C1.I. The summed E-state index contributed by atoms with van der Waals surface area (Å²) in [6.45, 7) is 3.50. The van der Waals surface area contributed by atoms with E-state index >= 15 is 0 Å². The molecule has 3 aliphatic rings. The molecule has 0 radical (unpaired) electrons. The Morgan fingerprint density at radius 1 is 1.17 bits per heavy atom. The van der Waals surface area contributed by atoms with Crippen LogP contribution in [0.1, 0.15) is 63.9 Å². The summed E-state index contributed by atoms with van der Waals surface area (Å²) in [7, 11) is 0. The van der Waals surface area contributed by atoms with Crippen molar-refractivity contribution in [1.82, 2.24) is 16.0 Å². The van der Waals surface area contributed by atoms with Gasteiger partial charge < -0.3 is 16.0 Å². The van der Waals surface area contributed by atoms with Gasteiger partial charge in [-0.1, -0.05) is 18.6 Å². The van der Waals surface area contributed by atoms with Crippen LogP contribution in [0.15, 0.2) is 29.3 Å². The number of carbonyl (C=O) groups excluding carboxylic acids is 1. The number of halogens is 2. The van der Waals surface area contributed by atoms with Crippen LogP contribution in [0, 0.1) is 11.7 Å². The summed E-state index contributed by atoms with van der Waals surface area (Å²) in [5.74, 6) is 0.958. The van der Waals surface area contributed by atoms with Gasteiger partial charge in [-0.15, -0.1) is 24.0 Å². The molecule has 0 aromatic heterocycles. The van der Waals surface area contributed by atoms with Crippen molar-refractivity contribution in [3.63, 3.8) is 0 Å². The average Bonchev–Trinajstić information content (AvgIpc) is 3.63. The molecule has 3 saturated carbocycles. The van der Waals surface area contributed by atoms with Gasteiger partial charge >= 0.3 is 0 Å². The molecule has 7 heteroatoms. The zero-order chi connectivity index (χ0) is 20.3. The number of hydrogen-bond acceptors (Lipinski definition) is 2. The molecule has 2 atom stereocenters. The van der Waals surface area contributed by atoms with Gasteiger partial charge in [-0.2, -0.15) is 0 Å². The second-order valence-corrected chi connectivity index (χ2v) is 8.97. The summed E-state index contributed by atoms with van der Waals surface area (Å²) in [5.41, 5.74) is 1.02. The Morgan fingerprint density at radius 3 is 2.63 bits per heavy atom. The van der Waals surface area contributed by atoms with Crippen LogP contribution in [0.3, 0.4) is 0 Å². The quantitative estimate of drug-likeness (QED) is 0.286. The summed E-state index contributed by atoms with van der Waals surface area (Å²) in [4.78, 5) is 17.3. The van der Waals surface area contributed by atoms with Crippen LogP contribution in [-0.2, 0) is 10.2 Å². The van der Waals surface area contributed by atoms with E-state index in [-0.39, 0.29) is 53.1 Å². The fourth-order valence-corrected chi connectivity index (χ4v) is 4.36. The third kappa shape index (κ3) is 6.08. The lowest BCUT2D eigenvalue weighted by atomic mass is 9.85. The van der Waals surface area contributed by atoms with E-state index in [0.29, 0.717) is 12.6 Å². The topological polar surface area (TPSA) is 65.5 Å². The van der Waals surface area contributed by atoms with Gasteiger partial charge in [0.2, 0.25) is 5.91 Å². The van der Waals surface area contributed by atoms with Gasteiger partial charge in [0, 0.05) is 30.0 Å². The lowest BCUT2D eigenvalue weighted by Gasteiger charge is -2.30. The monoisotopic (exact) mass is 528 g/mol. The first-order chi connectivity index (χ1) is 14.1. The molecule has 3 fully saturated rings. The highest BCUT2D eigenvalue weighted by Crippen LogP contribution is 2.48. The maximum Gasteiger partial charge on any atom is 0.223 e. The van der Waals surface area contributed by atoms with Crippen molar-refractivity contribution in [3.8, 4) is 0 Å². The van der Waals surface area contributed by atoms with E-state index in [9.17, 15) is 9.18 Å². The fourth-order valence-electron chi connectivity index (χ4n) is 4.36. The molecule has 1 aromatic carbocycles. The number of nitrogens with one attached hydrogen (secondary N) is 3. The highest BCUT2D eigenvalue weighted by Gasteiger charge is 2.44. The number of rotatable bonds is 7. The number of benzene rings is 1. The minimum atomic E-state index is -0.180. The molecule has 3 aliphatic carbocycles. The molecule has 1 amide bonds. The van der Waals surface area contributed by atoms with Crippen molar-refractivity contribution in [2.45, 2.75) is 75.8 Å². The normalized spacial score (nSPS) is 25.1. The maximum atomic E-state index is 13.6. The Hall–Kier alpha value is -1.38. The molecule has 0 spiro atoms. The van der Waals surface area contributed by atoms with Crippen LogP contribution in [0.4, 0.5) is 4.39 Å². The standard InChI is InChI=1S/C23H33FN4O.HI/c1-2-25-22(26-15-23(11-12-23)17-6-4-7-18(24)14-17)28-20-8-3-5-16(13-20)21(29)27-19-9-10-19;/h4,6-7,14,16,19-20H,2-3,5,8-13,15H2,1H3,(H,27,29)(H2,25,26,28);1H. The molecule has 2 unspecified atom stereocenters. The molecule has 4 rings (SSSR count). The molecule has 0 bridgehead atoms. The highest BCUT2D eigenvalue weighted by molar-refractivity contribution is 14.0. The molecule has 0 heterocycles. The molecule has 0 aliphatic heterocycles. The van der Waals surface area contributed by atoms with E-state index in [1.165, 1.54) is 6.07 Å². The first kappa shape index (κ1) is 23.3. The van der Waals surface area contributed by atoms with Crippen molar-refractivity contribution < 1.29 is 9.18 Å². The molecule has 5 nitrogen and oxygen atoms in total. The Morgan fingerprint density at radius 2 is 1.97 bits per heavy atom. The third-order valence-corrected chi connectivity index (χ3v) is 6.48. The predicted molar refractivity (Wildman–Crippen MR) is 129 cm³/mol. The van der Waals surface area contributed by atoms with Crippen LogP contribution in [0.5, 0.6) is 0 Å². The van der Waals surface area contributed by atoms with Gasteiger partial charge in [-0.05, 0) is 69.6 Å². The summed E-state index contributed by atoms with van der Waals surface area (Å²) in [6.07, 6.45) is 8.32. The van der Waals surface area contributed by atoms with Gasteiger partial charge in [0.1, 0.15) is 5.82 Å². The minimum Gasteiger partial charge on any atom is -0.357 e. The molecule has 3 N–H and O–H groups in total. The van der Waals surface area contributed by atoms with Crippen molar-refractivity contribution >= 4 is 35.8 Å². The third-order valence-electron chi connectivity index (χ3n) is 6.48. The number of guanidine groups is 1. The van der Waals surface area contributed by atoms with Gasteiger partial charge in [0.05, 0.1) is 6.54 Å². The largest absolute Gasteiger partial charge is 0.357 e. The Kier molecular flexibility index (Phi) is 7.98. The van der Waals surface area contributed by atoms with Gasteiger partial charge in [-0.3, -0.25) is 9.79 Å². The first-order valence-electron chi connectivity index (χ1n) is 11.2. The maximum absolute atomic E-state index is 13.6. The van der Waals surface area contributed by atoms with Crippen LogP contribution < -0.4 is 16.0 Å². The van der Waals surface area contributed by atoms with E-state index < -0.39 is 0 Å². The molecular weight excluding hydrogens is 494 g/mol. The lowest BCUT2D eigenvalue weighted by Crippen LogP contribution is -2.47. The predicted octanol–water partition coefficient (Wildman–Crippen LogP) is 3.87. The van der Waals surface area contributed by atoms with E-state index in [2.05, 4.69) is 22.9 Å². The van der Waals surface area contributed by atoms with Crippen molar-refractivity contribution in [1.29, 1.82) is 0 Å². The minimum absolute atomic E-state index is 0. The number of carbonyl (C=O) groups is 1. The van der Waals surface area contributed by atoms with E-state index in [1.807, 2.05) is 6.07 Å². The number of nitrogens with zero attached hydrogens (tertiary/aromatic N) is 1. The lowest BCUT2D eigenvalue weighted by molar-refractivity contribution is -0.126. The van der Waals surface area contributed by atoms with Gasteiger partial charge in [-0.25, -0.2) is 4.39 Å². The Labute approximate surface area is 196 Å². The Bertz CT molecular complexity index is 763. The van der Waals surface area contributed by atoms with Crippen LogP contribution in [0.2, 0.25) is 0 Å². The number of amides is 1. The second-order valence-electron chi connectivity index (χ2n) is 8.97. The summed E-state index contributed by atoms with van der Waals surface area (Å²) in [6, 6.07) is 7.62. The summed E-state index contributed by atoms with van der Waals surface area (Å²) in [5, 5.41) is 10.1. The molecule has 30 heavy (non-hydrogen) atoms. The van der Waals surface area contributed by atoms with E-state index in [0.717, 1.165) is 69.4 Å². The van der Waals surface area contributed by atoms with Crippen LogP contribution in [-0.4, -0.2) is 37.0 Å². The molecule has 0 saturated heterocycles. The second kappa shape index (κ2) is 10.3. The molecule has 166 valence electrons. The summed E-state index contributed by atoms with van der Waals surface area (Å²) < 4.78 is 13.6. The van der Waals surface area contributed by atoms with E-state index in [1.54, 1.807) is 12.1 Å². The van der Waals surface area contributed by atoms with Gasteiger partial charge in [0.15, 0.2) is 5.96 Å². The van der Waals surface area contributed by atoms with Crippen molar-refractivity contribution in [2.75, 3.05) is 13.1 Å². The zero-order valence-electron chi connectivity index (χ0n) is 17.8. The van der Waals surface area contributed by atoms with Crippen LogP contribution >= 0.6 is 24.0 Å².